The van der Waals surface area contributed by atoms with Crippen molar-refractivity contribution in [1.82, 2.24) is 15.0 Å². The summed E-state index contributed by atoms with van der Waals surface area (Å²) in [6.45, 7) is 0. The lowest BCUT2D eigenvalue weighted by Crippen LogP contribution is -2.09. The monoisotopic (exact) mass is 261 g/mol. The molecule has 0 saturated carbocycles. The van der Waals surface area contributed by atoms with Crippen LogP contribution in [0.4, 0.5) is 0 Å². The highest BCUT2D eigenvalue weighted by Crippen LogP contribution is 2.27. The lowest BCUT2D eigenvalue weighted by Gasteiger charge is -2.09. The molecule has 0 aliphatic heterocycles. The number of aryl methyl sites for hydroxylation is 1. The number of Topliss-reactive ketones (excluding diaryl/α,β-unsaturated/α-hetero) is 1. The number of ether oxygens (including phenoxy) is 2. The Morgan fingerprint density at radius 1 is 1.26 bits per heavy atom. The number of rotatable bonds is 5. The van der Waals surface area contributed by atoms with Crippen LogP contribution in [0, 0.1) is 0 Å². The average Bonchev–Trinajstić information content (AvgIpc) is 2.85. The fourth-order valence-electron chi connectivity index (χ4n) is 1.81. The first-order valence-electron chi connectivity index (χ1n) is 5.74. The van der Waals surface area contributed by atoms with Gasteiger partial charge in [-0.2, -0.15) is 0 Å². The topological polar surface area (TPSA) is 66.2 Å². The maximum atomic E-state index is 12.1. The number of methoxy groups -OCH3 is 2. The SMILES string of the molecule is COc1ccc(CC(=O)c2cnnn2C)cc1OC. The predicted octanol–water partition coefficient (Wildman–Crippen LogP) is 1.26. The van der Waals surface area contributed by atoms with E-state index in [1.807, 2.05) is 6.07 Å². The van der Waals surface area contributed by atoms with E-state index in [0.717, 1.165) is 5.56 Å². The van der Waals surface area contributed by atoms with Crippen molar-refractivity contribution in [2.45, 2.75) is 6.42 Å². The van der Waals surface area contributed by atoms with Gasteiger partial charge in [0.15, 0.2) is 17.3 Å². The van der Waals surface area contributed by atoms with Gasteiger partial charge in [-0.3, -0.25) is 4.79 Å². The van der Waals surface area contributed by atoms with Crippen LogP contribution in [0.2, 0.25) is 0 Å². The molecule has 0 fully saturated rings. The molecular weight excluding hydrogens is 246 g/mol. The molecule has 0 unspecified atom stereocenters. The lowest BCUT2D eigenvalue weighted by molar-refractivity contribution is 0.0984. The third-order valence-electron chi connectivity index (χ3n) is 2.81. The number of hydrogen-bond donors (Lipinski definition) is 0. The van der Waals surface area contributed by atoms with Gasteiger partial charge in [0.1, 0.15) is 5.69 Å². The van der Waals surface area contributed by atoms with Gasteiger partial charge in [0.2, 0.25) is 0 Å². The van der Waals surface area contributed by atoms with Crippen LogP contribution in [0.15, 0.2) is 24.4 Å². The quantitative estimate of drug-likeness (QED) is 0.758. The Morgan fingerprint density at radius 3 is 2.58 bits per heavy atom. The van der Waals surface area contributed by atoms with Gasteiger partial charge >= 0.3 is 0 Å². The van der Waals surface area contributed by atoms with Crippen molar-refractivity contribution in [2.24, 2.45) is 7.05 Å². The largest absolute Gasteiger partial charge is 0.493 e. The van der Waals surface area contributed by atoms with Gasteiger partial charge in [-0.05, 0) is 17.7 Å². The lowest BCUT2D eigenvalue weighted by atomic mass is 10.1. The van der Waals surface area contributed by atoms with Crippen molar-refractivity contribution in [3.05, 3.63) is 35.7 Å². The van der Waals surface area contributed by atoms with Crippen LogP contribution in [0.1, 0.15) is 16.1 Å². The van der Waals surface area contributed by atoms with Gasteiger partial charge in [0.25, 0.3) is 0 Å². The first kappa shape index (κ1) is 13.1. The molecule has 2 aromatic rings. The second-order valence-electron chi connectivity index (χ2n) is 4.03. The van der Waals surface area contributed by atoms with Crippen molar-refractivity contribution in [2.75, 3.05) is 14.2 Å². The number of carbonyl (C=O) groups excluding carboxylic acids is 1. The molecule has 6 heteroatoms. The molecule has 0 saturated heterocycles. The molecule has 6 nitrogen and oxygen atoms in total. The molecule has 19 heavy (non-hydrogen) atoms. The summed E-state index contributed by atoms with van der Waals surface area (Å²) in [5, 5.41) is 7.43. The molecule has 0 bridgehead atoms. The summed E-state index contributed by atoms with van der Waals surface area (Å²) in [6, 6.07) is 5.41. The van der Waals surface area contributed by atoms with Crippen molar-refractivity contribution >= 4 is 5.78 Å². The van der Waals surface area contributed by atoms with E-state index in [9.17, 15) is 4.79 Å². The van der Waals surface area contributed by atoms with Crippen LogP contribution < -0.4 is 9.47 Å². The third kappa shape index (κ3) is 2.73. The van der Waals surface area contributed by atoms with Crippen molar-refractivity contribution < 1.29 is 14.3 Å². The molecule has 0 spiro atoms. The number of nitrogens with zero attached hydrogens (tertiary/aromatic N) is 3. The Hall–Kier alpha value is -2.37. The molecule has 0 N–H and O–H groups in total. The van der Waals surface area contributed by atoms with Crippen molar-refractivity contribution in [3.63, 3.8) is 0 Å². The van der Waals surface area contributed by atoms with E-state index in [2.05, 4.69) is 10.3 Å². The Kier molecular flexibility index (Phi) is 3.79. The van der Waals surface area contributed by atoms with E-state index in [-0.39, 0.29) is 12.2 Å². The summed E-state index contributed by atoms with van der Waals surface area (Å²) < 4.78 is 11.8. The van der Waals surface area contributed by atoms with Crippen LogP contribution in [-0.2, 0) is 13.5 Å². The van der Waals surface area contributed by atoms with E-state index in [4.69, 9.17) is 9.47 Å². The van der Waals surface area contributed by atoms with Gasteiger partial charge in [0, 0.05) is 13.5 Å². The standard InChI is InChI=1S/C13H15N3O3/c1-16-10(8-14-15-16)11(17)6-9-4-5-12(18-2)13(7-9)19-3/h4-5,7-8H,6H2,1-3H3. The second-order valence-corrected chi connectivity index (χ2v) is 4.03. The fraction of sp³-hybridized carbons (Fsp3) is 0.308. The number of aromatic nitrogens is 3. The van der Waals surface area contributed by atoms with Gasteiger partial charge in [-0.15, -0.1) is 5.10 Å². The highest BCUT2D eigenvalue weighted by atomic mass is 16.5. The van der Waals surface area contributed by atoms with Gasteiger partial charge in [-0.25, -0.2) is 4.68 Å². The first-order valence-corrected chi connectivity index (χ1v) is 5.74. The number of ketones is 1. The zero-order chi connectivity index (χ0) is 13.8. The molecule has 1 aromatic heterocycles. The molecular formula is C13H15N3O3. The van der Waals surface area contributed by atoms with Gasteiger partial charge < -0.3 is 9.47 Å². The Morgan fingerprint density at radius 2 is 2.00 bits per heavy atom. The minimum Gasteiger partial charge on any atom is -0.493 e. The summed E-state index contributed by atoms with van der Waals surface area (Å²) in [5.74, 6) is 1.21. The molecule has 1 aromatic carbocycles. The molecule has 100 valence electrons. The van der Waals surface area contributed by atoms with E-state index in [1.165, 1.54) is 10.9 Å². The van der Waals surface area contributed by atoms with Crippen LogP contribution in [0.25, 0.3) is 0 Å². The minimum atomic E-state index is -0.0419. The summed E-state index contributed by atoms with van der Waals surface area (Å²) in [5.41, 5.74) is 1.33. The van der Waals surface area contributed by atoms with Crippen LogP contribution in [0.3, 0.4) is 0 Å². The van der Waals surface area contributed by atoms with Crippen LogP contribution in [-0.4, -0.2) is 35.0 Å². The Labute approximate surface area is 110 Å². The summed E-state index contributed by atoms with van der Waals surface area (Å²) in [7, 11) is 4.83. The Bertz CT molecular complexity index is 593. The second kappa shape index (κ2) is 5.51. The summed E-state index contributed by atoms with van der Waals surface area (Å²) >= 11 is 0. The smallest absolute Gasteiger partial charge is 0.186 e. The van der Waals surface area contributed by atoms with Crippen LogP contribution >= 0.6 is 0 Å². The summed E-state index contributed by atoms with van der Waals surface area (Å²) in [6.07, 6.45) is 1.73. The maximum Gasteiger partial charge on any atom is 0.186 e. The van der Waals surface area contributed by atoms with Crippen molar-refractivity contribution in [3.8, 4) is 11.5 Å². The minimum absolute atomic E-state index is 0.0419. The van der Waals surface area contributed by atoms with E-state index in [0.29, 0.717) is 17.2 Å². The average molecular weight is 261 g/mol. The van der Waals surface area contributed by atoms with E-state index >= 15 is 0 Å². The molecule has 2 rings (SSSR count). The zero-order valence-corrected chi connectivity index (χ0v) is 11.1. The predicted molar refractivity (Wildman–Crippen MR) is 68.6 cm³/mol. The molecule has 0 aliphatic rings. The molecule has 0 aliphatic carbocycles. The Balaban J connectivity index is 2.20. The van der Waals surface area contributed by atoms with Crippen LogP contribution in [0.5, 0.6) is 11.5 Å². The number of hydrogen-bond acceptors (Lipinski definition) is 5. The third-order valence-corrected chi connectivity index (χ3v) is 2.81. The maximum absolute atomic E-state index is 12.1. The molecule has 1 heterocycles. The normalized spacial score (nSPS) is 10.3. The van der Waals surface area contributed by atoms with Gasteiger partial charge in [0.05, 0.1) is 20.4 Å². The molecule has 0 atom stereocenters. The van der Waals surface area contributed by atoms with Gasteiger partial charge in [-0.1, -0.05) is 11.3 Å². The van der Waals surface area contributed by atoms with Crippen molar-refractivity contribution in [1.29, 1.82) is 0 Å². The van der Waals surface area contributed by atoms with E-state index < -0.39 is 0 Å². The number of benzene rings is 1. The highest BCUT2D eigenvalue weighted by molar-refractivity contribution is 5.95. The molecule has 0 radical (unpaired) electrons. The summed E-state index contributed by atoms with van der Waals surface area (Å²) in [4.78, 5) is 12.1. The highest BCUT2D eigenvalue weighted by Gasteiger charge is 2.13. The molecule has 0 amide bonds. The first-order chi connectivity index (χ1) is 9.15. The fourth-order valence-corrected chi connectivity index (χ4v) is 1.81. The van der Waals surface area contributed by atoms with E-state index in [1.54, 1.807) is 33.4 Å². The number of carbonyl (C=O) groups is 1. The zero-order valence-electron chi connectivity index (χ0n) is 11.1.